The third-order valence-corrected chi connectivity index (χ3v) is 9.23. The fourth-order valence-corrected chi connectivity index (χ4v) is 6.96. The minimum Gasteiger partial charge on any atom is -0.351 e. The van der Waals surface area contributed by atoms with Crippen LogP contribution >= 0.6 is 0 Å². The number of nitrogens with zero attached hydrogens (tertiary/aromatic N) is 2. The molecule has 2 aliphatic heterocycles. The molecule has 11 heteroatoms. The highest BCUT2D eigenvalue weighted by atomic mass is 19.3. The first-order valence-electron chi connectivity index (χ1n) is 15.8. The zero-order valence-electron chi connectivity index (χ0n) is 25.8. The van der Waals surface area contributed by atoms with E-state index in [1.165, 1.54) is 18.6 Å². The van der Waals surface area contributed by atoms with Crippen LogP contribution in [0.3, 0.4) is 0 Å². The Kier molecular flexibility index (Phi) is 11.1. The number of hydrogen-bond donors (Lipinski definition) is 3. The Morgan fingerprint density at radius 2 is 1.67 bits per heavy atom. The molecule has 8 nitrogen and oxygen atoms in total. The Bertz CT molecular complexity index is 1100. The number of amides is 3. The predicted molar refractivity (Wildman–Crippen MR) is 159 cm³/mol. The van der Waals surface area contributed by atoms with Gasteiger partial charge in [0, 0.05) is 44.7 Å². The van der Waals surface area contributed by atoms with Gasteiger partial charge in [0.2, 0.25) is 17.7 Å². The SMILES string of the molecule is CC(C)(C)NC(=O)C1(C2CCCCC2)CCN(C(=O)[C@@H](Cc2ccc(F)cc2)NC(=O)[C@@H]2CN(CC(F)F)CCN2)CC1. The van der Waals surface area contributed by atoms with E-state index < -0.39 is 42.2 Å². The van der Waals surface area contributed by atoms with Crippen molar-refractivity contribution in [1.82, 2.24) is 25.8 Å². The molecule has 0 unspecified atom stereocenters. The van der Waals surface area contributed by atoms with E-state index in [4.69, 9.17) is 0 Å². The number of likely N-dealkylation sites (tertiary alicyclic amines) is 1. The number of piperazine rings is 1. The van der Waals surface area contributed by atoms with Crippen LogP contribution in [0.5, 0.6) is 0 Å². The highest BCUT2D eigenvalue weighted by Gasteiger charge is 2.49. The van der Waals surface area contributed by atoms with E-state index in [0.29, 0.717) is 44.6 Å². The molecule has 0 spiro atoms. The minimum absolute atomic E-state index is 0.0619. The maximum atomic E-state index is 14.0. The summed E-state index contributed by atoms with van der Waals surface area (Å²) in [5.74, 6) is -0.759. The Morgan fingerprint density at radius 3 is 2.28 bits per heavy atom. The summed E-state index contributed by atoms with van der Waals surface area (Å²) < 4.78 is 39.6. The van der Waals surface area contributed by atoms with E-state index >= 15 is 0 Å². The van der Waals surface area contributed by atoms with Crippen molar-refractivity contribution in [3.63, 3.8) is 0 Å². The van der Waals surface area contributed by atoms with Crippen LogP contribution in [0.4, 0.5) is 13.2 Å². The number of carbonyl (C=O) groups excluding carboxylic acids is 3. The molecule has 1 aliphatic carbocycles. The summed E-state index contributed by atoms with van der Waals surface area (Å²) in [6.07, 6.45) is 4.16. The Morgan fingerprint density at radius 1 is 1.02 bits per heavy atom. The summed E-state index contributed by atoms with van der Waals surface area (Å²) in [5, 5.41) is 9.18. The lowest BCUT2D eigenvalue weighted by molar-refractivity contribution is -0.147. The van der Waals surface area contributed by atoms with Crippen molar-refractivity contribution in [2.24, 2.45) is 11.3 Å². The van der Waals surface area contributed by atoms with E-state index in [0.717, 1.165) is 25.7 Å². The standard InChI is InChI=1S/C32H48F3N5O3/c1-31(2,3)38-30(43)32(23-7-5-4-6-8-23)13-16-40(17-14-32)29(42)25(19-22-9-11-24(33)12-10-22)37-28(41)26-20-39(18-15-36-26)21-27(34)35/h9-12,23,25-27,36H,4-8,13-21H2,1-3H3,(H,37,41)(H,38,43)/t25-,26+/m1/s1. The largest absolute Gasteiger partial charge is 0.351 e. The van der Waals surface area contributed by atoms with Gasteiger partial charge in [0.15, 0.2) is 0 Å². The Hall–Kier alpha value is -2.66. The number of alkyl halides is 2. The van der Waals surface area contributed by atoms with Crippen molar-refractivity contribution in [2.75, 3.05) is 39.3 Å². The van der Waals surface area contributed by atoms with Gasteiger partial charge in [0.05, 0.1) is 18.0 Å². The topological polar surface area (TPSA) is 93.8 Å². The zero-order valence-corrected chi connectivity index (χ0v) is 25.8. The van der Waals surface area contributed by atoms with Gasteiger partial charge >= 0.3 is 0 Å². The third kappa shape index (κ3) is 8.94. The van der Waals surface area contributed by atoms with Crippen molar-refractivity contribution >= 4 is 17.7 Å². The van der Waals surface area contributed by atoms with Crippen LogP contribution in [-0.4, -0.2) is 90.8 Å². The molecule has 3 fully saturated rings. The normalized spacial score (nSPS) is 22.7. The van der Waals surface area contributed by atoms with E-state index in [2.05, 4.69) is 16.0 Å². The lowest BCUT2D eigenvalue weighted by atomic mass is 9.63. The summed E-state index contributed by atoms with van der Waals surface area (Å²) in [6.45, 7) is 7.23. The molecule has 1 aromatic rings. The second kappa shape index (κ2) is 14.4. The van der Waals surface area contributed by atoms with Crippen LogP contribution in [-0.2, 0) is 20.8 Å². The van der Waals surface area contributed by atoms with Gasteiger partial charge in [-0.1, -0.05) is 31.4 Å². The van der Waals surface area contributed by atoms with Crippen molar-refractivity contribution in [3.05, 3.63) is 35.6 Å². The summed E-state index contributed by atoms with van der Waals surface area (Å²) in [6, 6.07) is 4.15. The molecular formula is C32H48F3N5O3. The van der Waals surface area contributed by atoms with Crippen LogP contribution in [0.25, 0.3) is 0 Å². The number of benzene rings is 1. The highest BCUT2D eigenvalue weighted by Crippen LogP contribution is 2.46. The van der Waals surface area contributed by atoms with Crippen LogP contribution in [0.1, 0.15) is 71.3 Å². The van der Waals surface area contributed by atoms with Gasteiger partial charge in [0.25, 0.3) is 6.43 Å². The van der Waals surface area contributed by atoms with Gasteiger partial charge in [-0.05, 0) is 70.1 Å². The predicted octanol–water partition coefficient (Wildman–Crippen LogP) is 3.50. The van der Waals surface area contributed by atoms with E-state index in [-0.39, 0.29) is 36.2 Å². The Balaban J connectivity index is 1.49. The fraction of sp³-hybridized carbons (Fsp3) is 0.719. The molecule has 0 bridgehead atoms. The lowest BCUT2D eigenvalue weighted by Gasteiger charge is -2.48. The van der Waals surface area contributed by atoms with E-state index in [1.54, 1.807) is 21.9 Å². The summed E-state index contributed by atoms with van der Waals surface area (Å²) in [7, 11) is 0. The van der Waals surface area contributed by atoms with Crippen molar-refractivity contribution in [1.29, 1.82) is 0 Å². The molecule has 2 heterocycles. The average molecular weight is 608 g/mol. The molecule has 3 amide bonds. The molecule has 0 aromatic heterocycles. The second-order valence-corrected chi connectivity index (χ2v) is 13.6. The molecule has 3 N–H and O–H groups in total. The zero-order chi connectivity index (χ0) is 31.2. The van der Waals surface area contributed by atoms with Gasteiger partial charge < -0.3 is 20.9 Å². The van der Waals surface area contributed by atoms with Gasteiger partial charge in [-0.15, -0.1) is 0 Å². The smallest absolute Gasteiger partial charge is 0.251 e. The average Bonchev–Trinajstić information content (AvgIpc) is 2.97. The first-order chi connectivity index (χ1) is 20.4. The first-order valence-corrected chi connectivity index (χ1v) is 15.8. The maximum Gasteiger partial charge on any atom is 0.251 e. The lowest BCUT2D eigenvalue weighted by Crippen LogP contribution is -2.62. The summed E-state index contributed by atoms with van der Waals surface area (Å²) >= 11 is 0. The molecule has 3 aliphatic rings. The molecule has 2 atom stereocenters. The Labute approximate surface area is 253 Å². The van der Waals surface area contributed by atoms with Gasteiger partial charge in [-0.2, -0.15) is 0 Å². The number of piperidine rings is 1. The van der Waals surface area contributed by atoms with Crippen LogP contribution in [0.2, 0.25) is 0 Å². The molecule has 1 aromatic carbocycles. The molecule has 0 radical (unpaired) electrons. The van der Waals surface area contributed by atoms with Gasteiger partial charge in [-0.3, -0.25) is 19.3 Å². The molecule has 1 saturated carbocycles. The van der Waals surface area contributed by atoms with Crippen LogP contribution < -0.4 is 16.0 Å². The number of halogens is 3. The highest BCUT2D eigenvalue weighted by molar-refractivity contribution is 5.90. The van der Waals surface area contributed by atoms with Gasteiger partial charge in [0.1, 0.15) is 11.9 Å². The second-order valence-electron chi connectivity index (χ2n) is 13.6. The maximum absolute atomic E-state index is 14.0. The number of hydrogen-bond acceptors (Lipinski definition) is 5. The number of carbonyl (C=O) groups is 3. The summed E-state index contributed by atoms with van der Waals surface area (Å²) in [4.78, 5) is 44.4. The monoisotopic (exact) mass is 607 g/mol. The van der Waals surface area contributed by atoms with E-state index in [1.807, 2.05) is 20.8 Å². The van der Waals surface area contributed by atoms with Crippen molar-refractivity contribution < 1.29 is 27.6 Å². The molecule has 240 valence electrons. The van der Waals surface area contributed by atoms with Gasteiger partial charge in [-0.25, -0.2) is 13.2 Å². The van der Waals surface area contributed by atoms with Crippen LogP contribution in [0, 0.1) is 17.2 Å². The number of nitrogens with one attached hydrogen (secondary N) is 3. The summed E-state index contributed by atoms with van der Waals surface area (Å²) in [5.41, 5.74) is -0.219. The van der Waals surface area contributed by atoms with Crippen LogP contribution in [0.15, 0.2) is 24.3 Å². The molecule has 43 heavy (non-hydrogen) atoms. The van der Waals surface area contributed by atoms with E-state index in [9.17, 15) is 27.6 Å². The fourth-order valence-electron chi connectivity index (χ4n) is 6.96. The minimum atomic E-state index is -2.50. The molecular weight excluding hydrogens is 559 g/mol. The third-order valence-electron chi connectivity index (χ3n) is 9.23. The first kappa shape index (κ1) is 33.2. The quantitative estimate of drug-likeness (QED) is 0.400. The molecule has 4 rings (SSSR count). The van der Waals surface area contributed by atoms with Crippen molar-refractivity contribution in [2.45, 2.75) is 96.2 Å². The number of rotatable bonds is 9. The molecule has 2 saturated heterocycles. The van der Waals surface area contributed by atoms with Crippen molar-refractivity contribution in [3.8, 4) is 0 Å².